The summed E-state index contributed by atoms with van der Waals surface area (Å²) in [6, 6.07) is 11.3. The second-order valence-electron chi connectivity index (χ2n) is 10.4. The summed E-state index contributed by atoms with van der Waals surface area (Å²) in [5.41, 5.74) is 1.27. The standard InChI is InChI=1S/C33H35ClO14/c1-18(35)43-26-12-8-24(16-27(26)44-19(2)36)9-13-29(40)42-17-28-30(45-20(3)37)31(46-21(4)38)32(47-22(5)39)33(48-28)41-15-14-23-6-10-25(34)11-7-23/h6-13,16,28,30-33H,14-15,17H2,1-5H3/b13-9+/t28?,30-,31?,32?,33?/m0/s1. The van der Waals surface area contributed by atoms with Gasteiger partial charge in [-0.2, -0.15) is 0 Å². The molecule has 1 aliphatic heterocycles. The van der Waals surface area contributed by atoms with Crippen molar-refractivity contribution in [1.29, 1.82) is 0 Å². The maximum atomic E-state index is 12.7. The molecule has 2 aromatic carbocycles. The number of halogens is 1. The fourth-order valence-corrected chi connectivity index (χ4v) is 4.67. The van der Waals surface area contributed by atoms with Gasteiger partial charge in [0.15, 0.2) is 36.1 Å². The van der Waals surface area contributed by atoms with Crippen LogP contribution in [0.3, 0.4) is 0 Å². The highest BCUT2D eigenvalue weighted by Crippen LogP contribution is 2.31. The zero-order valence-corrected chi connectivity index (χ0v) is 27.6. The van der Waals surface area contributed by atoms with E-state index in [1.165, 1.54) is 38.1 Å². The normalized spacial score (nSPS) is 20.3. The molecule has 3 rings (SSSR count). The van der Waals surface area contributed by atoms with Crippen LogP contribution in [0.25, 0.3) is 6.08 Å². The van der Waals surface area contributed by atoms with Crippen LogP contribution in [0, 0.1) is 0 Å². The van der Waals surface area contributed by atoms with Crippen LogP contribution in [0.15, 0.2) is 48.5 Å². The van der Waals surface area contributed by atoms with Gasteiger partial charge in [-0.1, -0.05) is 29.8 Å². The Labute approximate surface area is 281 Å². The van der Waals surface area contributed by atoms with Crippen LogP contribution >= 0.6 is 11.6 Å². The van der Waals surface area contributed by atoms with E-state index in [4.69, 9.17) is 49.5 Å². The van der Waals surface area contributed by atoms with Gasteiger partial charge in [-0.25, -0.2) is 4.79 Å². The lowest BCUT2D eigenvalue weighted by atomic mass is 9.98. The Morgan fingerprint density at radius 3 is 1.92 bits per heavy atom. The van der Waals surface area contributed by atoms with Crippen molar-refractivity contribution in [2.24, 2.45) is 0 Å². The van der Waals surface area contributed by atoms with Crippen LogP contribution in [0.4, 0.5) is 0 Å². The van der Waals surface area contributed by atoms with E-state index in [-0.39, 0.29) is 18.1 Å². The largest absolute Gasteiger partial charge is 0.460 e. The average Bonchev–Trinajstić information content (AvgIpc) is 2.99. The zero-order valence-electron chi connectivity index (χ0n) is 26.8. The van der Waals surface area contributed by atoms with E-state index >= 15 is 0 Å². The summed E-state index contributed by atoms with van der Waals surface area (Å²) in [4.78, 5) is 71.9. The average molecular weight is 691 g/mol. The van der Waals surface area contributed by atoms with Gasteiger partial charge < -0.3 is 37.9 Å². The molecule has 0 N–H and O–H groups in total. The van der Waals surface area contributed by atoms with E-state index in [1.54, 1.807) is 24.3 Å². The van der Waals surface area contributed by atoms with Crippen LogP contribution in [0.1, 0.15) is 45.7 Å². The van der Waals surface area contributed by atoms with E-state index in [0.717, 1.165) is 32.4 Å². The SMILES string of the molecule is CC(=O)Oc1ccc(/C=C/C(=O)OCC2OC(OCCc3ccc(Cl)cc3)C(OC(C)=O)C(OC(C)=O)[C@H]2OC(C)=O)cc1OC(C)=O. The molecular formula is C33H35ClO14. The van der Waals surface area contributed by atoms with E-state index in [1.807, 2.05) is 0 Å². The van der Waals surface area contributed by atoms with E-state index < -0.39 is 73.1 Å². The second kappa shape index (κ2) is 17.9. The molecule has 0 bridgehead atoms. The third-order valence-electron chi connectivity index (χ3n) is 6.36. The van der Waals surface area contributed by atoms with Crippen LogP contribution in [0.2, 0.25) is 5.02 Å². The Morgan fingerprint density at radius 1 is 0.729 bits per heavy atom. The van der Waals surface area contributed by atoms with E-state index in [0.29, 0.717) is 17.0 Å². The van der Waals surface area contributed by atoms with Crippen molar-refractivity contribution in [2.45, 2.75) is 71.7 Å². The second-order valence-corrected chi connectivity index (χ2v) is 10.8. The summed E-state index contributed by atoms with van der Waals surface area (Å²) in [5.74, 6) is -4.49. The van der Waals surface area contributed by atoms with Crippen molar-refractivity contribution in [3.63, 3.8) is 0 Å². The Balaban J connectivity index is 1.81. The van der Waals surface area contributed by atoms with E-state index in [2.05, 4.69) is 0 Å². The number of carbonyl (C=O) groups excluding carboxylic acids is 6. The van der Waals surface area contributed by atoms with Gasteiger partial charge in [-0.05, 0) is 47.9 Å². The summed E-state index contributed by atoms with van der Waals surface area (Å²) in [6.07, 6.45) is -3.86. The molecule has 0 radical (unpaired) electrons. The molecule has 2 aromatic rings. The number of esters is 6. The van der Waals surface area contributed by atoms with Crippen molar-refractivity contribution in [1.82, 2.24) is 0 Å². The molecule has 0 saturated carbocycles. The Kier molecular flexibility index (Phi) is 14.1. The van der Waals surface area contributed by atoms with Gasteiger partial charge in [0.05, 0.1) is 6.61 Å². The topological polar surface area (TPSA) is 176 Å². The lowest BCUT2D eigenvalue weighted by Crippen LogP contribution is -2.63. The first-order valence-corrected chi connectivity index (χ1v) is 15.0. The highest BCUT2D eigenvalue weighted by molar-refractivity contribution is 6.30. The summed E-state index contributed by atoms with van der Waals surface area (Å²) in [5, 5.41) is 0.557. The molecule has 0 aliphatic carbocycles. The summed E-state index contributed by atoms with van der Waals surface area (Å²) in [6.45, 7) is 5.28. The molecule has 1 aliphatic rings. The Hall–Kier alpha value is -4.79. The Morgan fingerprint density at radius 2 is 1.31 bits per heavy atom. The van der Waals surface area contributed by atoms with Crippen molar-refractivity contribution < 1.29 is 66.7 Å². The first kappa shape index (κ1) is 37.7. The monoisotopic (exact) mass is 690 g/mol. The molecule has 0 amide bonds. The number of rotatable bonds is 13. The summed E-state index contributed by atoms with van der Waals surface area (Å²) < 4.78 is 43.7. The number of hydrogen-bond acceptors (Lipinski definition) is 14. The molecule has 258 valence electrons. The van der Waals surface area contributed by atoms with Crippen LogP contribution < -0.4 is 9.47 Å². The van der Waals surface area contributed by atoms with Gasteiger partial charge in [-0.3, -0.25) is 24.0 Å². The fraction of sp³-hybridized carbons (Fsp3) is 0.394. The van der Waals surface area contributed by atoms with Crippen LogP contribution in [0.5, 0.6) is 11.5 Å². The number of carbonyl (C=O) groups is 6. The number of ether oxygens (including phenoxy) is 8. The maximum absolute atomic E-state index is 12.7. The minimum atomic E-state index is -1.39. The number of benzene rings is 2. The molecule has 1 fully saturated rings. The predicted octanol–water partition coefficient (Wildman–Crippen LogP) is 3.53. The third-order valence-corrected chi connectivity index (χ3v) is 6.61. The molecule has 1 saturated heterocycles. The molecule has 15 heteroatoms. The van der Waals surface area contributed by atoms with Crippen molar-refractivity contribution >= 4 is 53.5 Å². The van der Waals surface area contributed by atoms with Crippen LogP contribution in [-0.4, -0.2) is 79.7 Å². The minimum Gasteiger partial charge on any atom is -0.460 e. The number of hydrogen-bond donors (Lipinski definition) is 0. The van der Waals surface area contributed by atoms with Crippen molar-refractivity contribution in [3.05, 3.63) is 64.7 Å². The fourth-order valence-electron chi connectivity index (χ4n) is 4.55. The molecule has 14 nitrogen and oxygen atoms in total. The minimum absolute atomic E-state index is 0.00252. The maximum Gasteiger partial charge on any atom is 0.330 e. The molecule has 0 spiro atoms. The van der Waals surface area contributed by atoms with Crippen LogP contribution in [-0.2, 0) is 63.6 Å². The molecule has 4 unspecified atom stereocenters. The zero-order chi connectivity index (χ0) is 35.4. The Bertz CT molecular complexity index is 1520. The first-order chi connectivity index (χ1) is 22.7. The highest BCUT2D eigenvalue weighted by Gasteiger charge is 2.52. The summed E-state index contributed by atoms with van der Waals surface area (Å²) >= 11 is 5.96. The van der Waals surface area contributed by atoms with Gasteiger partial charge >= 0.3 is 35.8 Å². The molecular weight excluding hydrogens is 656 g/mol. The summed E-state index contributed by atoms with van der Waals surface area (Å²) in [7, 11) is 0. The predicted molar refractivity (Wildman–Crippen MR) is 165 cm³/mol. The van der Waals surface area contributed by atoms with Gasteiger partial charge in [0.25, 0.3) is 0 Å². The van der Waals surface area contributed by atoms with Crippen molar-refractivity contribution in [2.75, 3.05) is 13.2 Å². The highest BCUT2D eigenvalue weighted by atomic mass is 35.5. The smallest absolute Gasteiger partial charge is 0.330 e. The molecule has 48 heavy (non-hydrogen) atoms. The third kappa shape index (κ3) is 12.1. The lowest BCUT2D eigenvalue weighted by Gasteiger charge is -2.44. The molecule has 1 heterocycles. The first-order valence-electron chi connectivity index (χ1n) is 14.6. The van der Waals surface area contributed by atoms with Crippen molar-refractivity contribution in [3.8, 4) is 11.5 Å². The van der Waals surface area contributed by atoms with Gasteiger partial charge in [0.1, 0.15) is 12.7 Å². The molecule has 5 atom stereocenters. The quantitative estimate of drug-likeness (QED) is 0.129. The van der Waals surface area contributed by atoms with E-state index in [9.17, 15) is 28.8 Å². The van der Waals surface area contributed by atoms with Gasteiger partial charge in [-0.15, -0.1) is 0 Å². The van der Waals surface area contributed by atoms with Gasteiger partial charge in [0.2, 0.25) is 0 Å². The van der Waals surface area contributed by atoms with Gasteiger partial charge in [0, 0.05) is 45.7 Å². The molecule has 0 aromatic heterocycles. The lowest BCUT2D eigenvalue weighted by molar-refractivity contribution is -0.307.